The van der Waals surface area contributed by atoms with Crippen LogP contribution in [-0.4, -0.2) is 38.7 Å². The lowest BCUT2D eigenvalue weighted by molar-refractivity contribution is 0.0703. The number of amides is 1. The number of carbonyl (C=O) groups excluding carboxylic acids is 1. The molecule has 26 heavy (non-hydrogen) atoms. The lowest BCUT2D eigenvalue weighted by Gasteiger charge is -2.32. The largest absolute Gasteiger partial charge is 0.338 e. The van der Waals surface area contributed by atoms with Crippen LogP contribution in [0.15, 0.2) is 18.2 Å². The lowest BCUT2D eigenvalue weighted by atomic mass is 9.96. The predicted molar refractivity (Wildman–Crippen MR) is 102 cm³/mol. The Hall–Kier alpha value is -1.59. The van der Waals surface area contributed by atoms with Crippen molar-refractivity contribution in [2.24, 2.45) is 0 Å². The number of hydrogen-bond donors (Lipinski definition) is 0. The normalized spacial score (nSPS) is 20.5. The average Bonchev–Trinajstić information content (AvgIpc) is 2.92. The molecule has 138 valence electrons. The fourth-order valence-electron chi connectivity index (χ4n) is 4.02. The lowest BCUT2D eigenvalue weighted by Crippen LogP contribution is -2.40. The van der Waals surface area contributed by atoms with Gasteiger partial charge in [0.2, 0.25) is 0 Å². The van der Waals surface area contributed by atoms with E-state index in [0.717, 1.165) is 44.0 Å². The Labute approximate surface area is 163 Å². The molecule has 2 aromatic rings. The second-order valence-corrected chi connectivity index (χ2v) is 7.91. The Morgan fingerprint density at radius 1 is 1.08 bits per heavy atom. The van der Waals surface area contributed by atoms with Gasteiger partial charge >= 0.3 is 0 Å². The van der Waals surface area contributed by atoms with Crippen LogP contribution >= 0.6 is 23.2 Å². The molecule has 0 radical (unpaired) electrons. The van der Waals surface area contributed by atoms with E-state index in [4.69, 9.17) is 23.2 Å². The summed E-state index contributed by atoms with van der Waals surface area (Å²) in [4.78, 5) is 14.9. The number of aromatic nitrogens is 3. The molecule has 4 rings (SSSR count). The van der Waals surface area contributed by atoms with Crippen LogP contribution in [0.1, 0.15) is 60.0 Å². The van der Waals surface area contributed by atoms with Crippen molar-refractivity contribution in [2.45, 2.75) is 51.0 Å². The van der Waals surface area contributed by atoms with E-state index in [1.807, 2.05) is 4.90 Å². The van der Waals surface area contributed by atoms with Crippen LogP contribution in [-0.2, 0) is 13.0 Å². The van der Waals surface area contributed by atoms with Crippen LogP contribution in [0, 0.1) is 0 Å². The zero-order chi connectivity index (χ0) is 18.1. The molecule has 2 aliphatic rings. The SMILES string of the molecule is O=C(c1cccc(Cl)c1Cl)N1CCCC(c2nnc3n2CCCCC3)C1. The molecule has 1 unspecified atom stereocenters. The van der Waals surface area contributed by atoms with Crippen LogP contribution in [0.3, 0.4) is 0 Å². The molecule has 1 fully saturated rings. The maximum atomic E-state index is 13.0. The molecule has 3 heterocycles. The number of piperidine rings is 1. The van der Waals surface area contributed by atoms with E-state index in [-0.39, 0.29) is 11.8 Å². The van der Waals surface area contributed by atoms with Crippen LogP contribution in [0.25, 0.3) is 0 Å². The third kappa shape index (κ3) is 3.35. The van der Waals surface area contributed by atoms with Gasteiger partial charge < -0.3 is 9.47 Å². The van der Waals surface area contributed by atoms with Crippen molar-refractivity contribution in [3.05, 3.63) is 45.5 Å². The van der Waals surface area contributed by atoms with Crippen molar-refractivity contribution < 1.29 is 4.79 Å². The van der Waals surface area contributed by atoms with E-state index in [1.54, 1.807) is 18.2 Å². The molecule has 1 amide bonds. The summed E-state index contributed by atoms with van der Waals surface area (Å²) in [5.41, 5.74) is 0.472. The van der Waals surface area contributed by atoms with Crippen LogP contribution < -0.4 is 0 Å². The summed E-state index contributed by atoms with van der Waals surface area (Å²) in [7, 11) is 0. The number of halogens is 2. The molecule has 0 spiro atoms. The second-order valence-electron chi connectivity index (χ2n) is 7.13. The zero-order valence-electron chi connectivity index (χ0n) is 14.6. The molecule has 0 aliphatic carbocycles. The first kappa shape index (κ1) is 17.8. The van der Waals surface area contributed by atoms with Gasteiger partial charge in [0.1, 0.15) is 11.6 Å². The van der Waals surface area contributed by atoms with Crippen LogP contribution in [0.2, 0.25) is 10.0 Å². The summed E-state index contributed by atoms with van der Waals surface area (Å²) >= 11 is 12.3. The van der Waals surface area contributed by atoms with Gasteiger partial charge in [-0.05, 0) is 37.8 Å². The highest BCUT2D eigenvalue weighted by atomic mass is 35.5. The van der Waals surface area contributed by atoms with Gasteiger partial charge in [0, 0.05) is 32.0 Å². The topological polar surface area (TPSA) is 51.0 Å². The number of rotatable bonds is 2. The maximum absolute atomic E-state index is 13.0. The maximum Gasteiger partial charge on any atom is 0.255 e. The summed E-state index contributed by atoms with van der Waals surface area (Å²) in [6.07, 6.45) is 6.58. The van der Waals surface area contributed by atoms with Gasteiger partial charge in [-0.15, -0.1) is 10.2 Å². The number of carbonyl (C=O) groups is 1. The Morgan fingerprint density at radius 2 is 1.96 bits per heavy atom. The van der Waals surface area contributed by atoms with E-state index >= 15 is 0 Å². The first-order valence-electron chi connectivity index (χ1n) is 9.30. The van der Waals surface area contributed by atoms with E-state index < -0.39 is 0 Å². The Balaban J connectivity index is 1.56. The molecule has 1 aromatic heterocycles. The van der Waals surface area contributed by atoms with Gasteiger partial charge in [0.05, 0.1) is 15.6 Å². The number of likely N-dealkylation sites (tertiary alicyclic amines) is 1. The monoisotopic (exact) mass is 392 g/mol. The number of nitrogens with zero attached hydrogens (tertiary/aromatic N) is 4. The summed E-state index contributed by atoms with van der Waals surface area (Å²) < 4.78 is 2.29. The van der Waals surface area contributed by atoms with Gasteiger partial charge in [0.15, 0.2) is 0 Å². The first-order chi connectivity index (χ1) is 12.6. The van der Waals surface area contributed by atoms with Crippen molar-refractivity contribution in [2.75, 3.05) is 13.1 Å². The van der Waals surface area contributed by atoms with Crippen LogP contribution in [0.4, 0.5) is 0 Å². The molecular formula is C19H22Cl2N4O. The summed E-state index contributed by atoms with van der Waals surface area (Å²) in [5.74, 6) is 2.30. The van der Waals surface area contributed by atoms with Crippen molar-refractivity contribution in [1.82, 2.24) is 19.7 Å². The molecule has 0 bridgehead atoms. The average molecular weight is 393 g/mol. The fraction of sp³-hybridized carbons (Fsp3) is 0.526. The number of aryl methyl sites for hydroxylation is 1. The zero-order valence-corrected chi connectivity index (χ0v) is 16.1. The van der Waals surface area contributed by atoms with Crippen molar-refractivity contribution in [3.8, 4) is 0 Å². The van der Waals surface area contributed by atoms with Crippen molar-refractivity contribution in [1.29, 1.82) is 0 Å². The number of hydrogen-bond acceptors (Lipinski definition) is 3. The van der Waals surface area contributed by atoms with E-state index in [0.29, 0.717) is 22.2 Å². The molecule has 1 atom stereocenters. The molecular weight excluding hydrogens is 371 g/mol. The van der Waals surface area contributed by atoms with E-state index in [2.05, 4.69) is 14.8 Å². The summed E-state index contributed by atoms with van der Waals surface area (Å²) in [6, 6.07) is 5.20. The minimum Gasteiger partial charge on any atom is -0.338 e. The van der Waals surface area contributed by atoms with Gasteiger partial charge in [-0.2, -0.15) is 0 Å². The molecule has 2 aliphatic heterocycles. The molecule has 1 aromatic carbocycles. The first-order valence-corrected chi connectivity index (χ1v) is 10.1. The minimum atomic E-state index is -0.0576. The molecule has 5 nitrogen and oxygen atoms in total. The smallest absolute Gasteiger partial charge is 0.255 e. The standard InChI is InChI=1S/C19H22Cl2N4O/c20-15-8-4-7-14(17(15)21)19(26)24-10-5-6-13(12-24)18-23-22-16-9-2-1-3-11-25(16)18/h4,7-8,13H,1-3,5-6,9-12H2. The molecule has 1 saturated heterocycles. The highest BCUT2D eigenvalue weighted by molar-refractivity contribution is 6.43. The van der Waals surface area contributed by atoms with Gasteiger partial charge in [-0.1, -0.05) is 35.7 Å². The summed E-state index contributed by atoms with van der Waals surface area (Å²) in [6.45, 7) is 2.38. The molecule has 0 saturated carbocycles. The Kier molecular flexibility index (Phi) is 5.18. The molecule has 7 heteroatoms. The van der Waals surface area contributed by atoms with Crippen molar-refractivity contribution in [3.63, 3.8) is 0 Å². The highest BCUT2D eigenvalue weighted by Crippen LogP contribution is 2.31. The number of fused-ring (bicyclic) bond motifs is 1. The molecule has 0 N–H and O–H groups in total. The van der Waals surface area contributed by atoms with Crippen molar-refractivity contribution >= 4 is 29.1 Å². The Morgan fingerprint density at radius 3 is 2.85 bits per heavy atom. The second kappa shape index (κ2) is 7.57. The Bertz CT molecular complexity index is 820. The quantitative estimate of drug-likeness (QED) is 0.763. The third-order valence-electron chi connectivity index (χ3n) is 5.39. The van der Waals surface area contributed by atoms with Crippen LogP contribution in [0.5, 0.6) is 0 Å². The third-order valence-corrected chi connectivity index (χ3v) is 6.21. The highest BCUT2D eigenvalue weighted by Gasteiger charge is 2.30. The predicted octanol–water partition coefficient (Wildman–Crippen LogP) is 4.33. The van der Waals surface area contributed by atoms with E-state index in [9.17, 15) is 4.79 Å². The van der Waals surface area contributed by atoms with Gasteiger partial charge in [-0.25, -0.2) is 0 Å². The van der Waals surface area contributed by atoms with Gasteiger partial charge in [0.25, 0.3) is 5.91 Å². The van der Waals surface area contributed by atoms with E-state index in [1.165, 1.54) is 19.3 Å². The minimum absolute atomic E-state index is 0.0576. The summed E-state index contributed by atoms with van der Waals surface area (Å²) in [5, 5.41) is 9.65. The number of benzene rings is 1. The van der Waals surface area contributed by atoms with Gasteiger partial charge in [-0.3, -0.25) is 4.79 Å². The fourth-order valence-corrected chi connectivity index (χ4v) is 4.40.